The number of nitrogens with one attached hydrogen (secondary N) is 1. The second-order valence-corrected chi connectivity index (χ2v) is 5.26. The van der Waals surface area contributed by atoms with E-state index in [0.29, 0.717) is 12.6 Å². The minimum Gasteiger partial charge on any atom is -0.493 e. The molecule has 112 valence electrons. The second kappa shape index (κ2) is 7.79. The summed E-state index contributed by atoms with van der Waals surface area (Å²) in [5.41, 5.74) is 3.69. The Morgan fingerprint density at radius 1 is 1.29 bits per heavy atom. The minimum absolute atomic E-state index is 0.373. The molecular formula is C18H24N2O. The van der Waals surface area contributed by atoms with Crippen molar-refractivity contribution >= 4 is 0 Å². The zero-order chi connectivity index (χ0) is 15.1. The molecule has 0 fully saturated rings. The van der Waals surface area contributed by atoms with Crippen LogP contribution < -0.4 is 10.1 Å². The number of nitrogens with zero attached hydrogens (tertiary/aromatic N) is 1. The van der Waals surface area contributed by atoms with Gasteiger partial charge in [0.1, 0.15) is 5.75 Å². The van der Waals surface area contributed by atoms with E-state index in [4.69, 9.17) is 4.74 Å². The predicted octanol–water partition coefficient (Wildman–Crippen LogP) is 3.68. The molecule has 1 aromatic carbocycles. The van der Waals surface area contributed by atoms with Gasteiger partial charge in [0, 0.05) is 24.9 Å². The third kappa shape index (κ3) is 4.57. The number of hydrogen-bond donors (Lipinski definition) is 1. The monoisotopic (exact) mass is 284 g/mol. The molecule has 0 radical (unpaired) electrons. The molecule has 2 aromatic rings. The number of rotatable bonds is 7. The van der Waals surface area contributed by atoms with Crippen LogP contribution in [0.5, 0.6) is 5.75 Å². The second-order valence-electron chi connectivity index (χ2n) is 5.26. The lowest BCUT2D eigenvalue weighted by Gasteiger charge is -2.15. The first-order valence-corrected chi connectivity index (χ1v) is 7.56. The molecule has 1 N–H and O–H groups in total. The molecule has 0 bridgehead atoms. The van der Waals surface area contributed by atoms with Crippen LogP contribution in [0.25, 0.3) is 0 Å². The zero-order valence-electron chi connectivity index (χ0n) is 13.1. The van der Waals surface area contributed by atoms with E-state index in [1.807, 2.05) is 12.3 Å². The maximum atomic E-state index is 5.89. The summed E-state index contributed by atoms with van der Waals surface area (Å²) in [5, 5.41) is 3.43. The molecule has 3 heteroatoms. The Balaban J connectivity index is 1.92. The Kier molecular flexibility index (Phi) is 5.76. The average Bonchev–Trinajstić information content (AvgIpc) is 2.50. The van der Waals surface area contributed by atoms with Gasteiger partial charge in [0.2, 0.25) is 0 Å². The van der Waals surface area contributed by atoms with Crippen LogP contribution in [-0.4, -0.2) is 18.1 Å². The Hall–Kier alpha value is -1.87. The van der Waals surface area contributed by atoms with Gasteiger partial charge in [-0.05, 0) is 49.2 Å². The molecule has 0 aliphatic carbocycles. The molecule has 1 aromatic heterocycles. The predicted molar refractivity (Wildman–Crippen MR) is 86.7 cm³/mol. The van der Waals surface area contributed by atoms with Crippen molar-refractivity contribution in [3.05, 3.63) is 59.4 Å². The molecule has 0 aliphatic heterocycles. The van der Waals surface area contributed by atoms with E-state index in [-0.39, 0.29) is 0 Å². The summed E-state index contributed by atoms with van der Waals surface area (Å²) >= 11 is 0. The normalized spacial score (nSPS) is 12.1. The molecule has 3 nitrogen and oxygen atoms in total. The fourth-order valence-electron chi connectivity index (χ4n) is 2.35. The van der Waals surface area contributed by atoms with Gasteiger partial charge in [-0.1, -0.05) is 25.1 Å². The molecule has 0 spiro atoms. The lowest BCUT2D eigenvalue weighted by Crippen LogP contribution is -2.17. The van der Waals surface area contributed by atoms with Crippen molar-refractivity contribution in [2.75, 3.05) is 13.2 Å². The van der Waals surface area contributed by atoms with Crippen LogP contribution in [0.2, 0.25) is 0 Å². The smallest absolute Gasteiger partial charge is 0.122 e. The summed E-state index contributed by atoms with van der Waals surface area (Å²) < 4.78 is 5.89. The van der Waals surface area contributed by atoms with Gasteiger partial charge in [-0.2, -0.15) is 0 Å². The van der Waals surface area contributed by atoms with Crippen LogP contribution in [0.3, 0.4) is 0 Å². The fraction of sp³-hybridized carbons (Fsp3) is 0.389. The van der Waals surface area contributed by atoms with Gasteiger partial charge in [0.05, 0.1) is 6.61 Å². The van der Waals surface area contributed by atoms with Gasteiger partial charge in [-0.25, -0.2) is 0 Å². The lowest BCUT2D eigenvalue weighted by molar-refractivity contribution is 0.319. The van der Waals surface area contributed by atoms with Crippen molar-refractivity contribution in [3.63, 3.8) is 0 Å². The van der Waals surface area contributed by atoms with E-state index >= 15 is 0 Å². The lowest BCUT2D eigenvalue weighted by atomic mass is 10.1. The van der Waals surface area contributed by atoms with Gasteiger partial charge in [-0.15, -0.1) is 0 Å². The molecule has 2 rings (SSSR count). The molecule has 1 atom stereocenters. The van der Waals surface area contributed by atoms with Crippen molar-refractivity contribution in [2.45, 2.75) is 33.2 Å². The van der Waals surface area contributed by atoms with E-state index in [1.165, 1.54) is 16.7 Å². The average molecular weight is 284 g/mol. The number of benzene rings is 1. The standard InChI is InChI=1S/C18H24N2O/c1-4-20-15(3)17-7-8-18(14(2)12-17)21-11-9-16-6-5-10-19-13-16/h5-8,10,12-13,15,20H,4,9,11H2,1-3H3. The highest BCUT2D eigenvalue weighted by Crippen LogP contribution is 2.22. The molecule has 21 heavy (non-hydrogen) atoms. The maximum Gasteiger partial charge on any atom is 0.122 e. The Morgan fingerprint density at radius 3 is 2.81 bits per heavy atom. The molecule has 1 unspecified atom stereocenters. The molecule has 0 saturated carbocycles. The number of ether oxygens (including phenoxy) is 1. The van der Waals surface area contributed by atoms with Crippen molar-refractivity contribution < 1.29 is 4.74 Å². The van der Waals surface area contributed by atoms with Crippen molar-refractivity contribution in [1.82, 2.24) is 10.3 Å². The van der Waals surface area contributed by atoms with Crippen molar-refractivity contribution in [1.29, 1.82) is 0 Å². The van der Waals surface area contributed by atoms with Crippen LogP contribution in [0.15, 0.2) is 42.7 Å². The first kappa shape index (κ1) is 15.5. The van der Waals surface area contributed by atoms with E-state index in [1.54, 1.807) is 6.20 Å². The fourth-order valence-corrected chi connectivity index (χ4v) is 2.35. The molecule has 0 amide bonds. The molecule has 1 heterocycles. The number of pyridine rings is 1. The quantitative estimate of drug-likeness (QED) is 0.842. The van der Waals surface area contributed by atoms with Crippen LogP contribution >= 0.6 is 0 Å². The van der Waals surface area contributed by atoms with Gasteiger partial charge in [0.25, 0.3) is 0 Å². The van der Waals surface area contributed by atoms with Crippen LogP contribution in [0, 0.1) is 6.92 Å². The minimum atomic E-state index is 0.373. The summed E-state index contributed by atoms with van der Waals surface area (Å²) in [6.07, 6.45) is 4.55. The van der Waals surface area contributed by atoms with Gasteiger partial charge in [-0.3, -0.25) is 4.98 Å². The molecular weight excluding hydrogens is 260 g/mol. The number of aromatic nitrogens is 1. The van der Waals surface area contributed by atoms with Gasteiger partial charge < -0.3 is 10.1 Å². The topological polar surface area (TPSA) is 34.1 Å². The van der Waals surface area contributed by atoms with Crippen molar-refractivity contribution in [3.8, 4) is 5.75 Å². The van der Waals surface area contributed by atoms with E-state index < -0.39 is 0 Å². The van der Waals surface area contributed by atoms with Gasteiger partial charge >= 0.3 is 0 Å². The summed E-state index contributed by atoms with van der Waals surface area (Å²) in [7, 11) is 0. The number of aryl methyl sites for hydroxylation is 1. The highest BCUT2D eigenvalue weighted by Gasteiger charge is 2.07. The Morgan fingerprint density at radius 2 is 2.14 bits per heavy atom. The third-order valence-corrected chi connectivity index (χ3v) is 3.58. The summed E-state index contributed by atoms with van der Waals surface area (Å²) in [5.74, 6) is 0.964. The summed E-state index contributed by atoms with van der Waals surface area (Å²) in [6.45, 7) is 8.06. The Bertz CT molecular complexity index is 554. The summed E-state index contributed by atoms with van der Waals surface area (Å²) in [4.78, 5) is 4.11. The van der Waals surface area contributed by atoms with Crippen LogP contribution in [0.1, 0.15) is 36.6 Å². The van der Waals surface area contributed by atoms with Gasteiger partial charge in [0.15, 0.2) is 0 Å². The molecule has 0 aliphatic rings. The highest BCUT2D eigenvalue weighted by molar-refractivity contribution is 5.37. The largest absolute Gasteiger partial charge is 0.493 e. The first-order valence-electron chi connectivity index (χ1n) is 7.56. The first-order chi connectivity index (χ1) is 10.2. The number of hydrogen-bond acceptors (Lipinski definition) is 3. The van der Waals surface area contributed by atoms with E-state index in [0.717, 1.165) is 18.7 Å². The highest BCUT2D eigenvalue weighted by atomic mass is 16.5. The van der Waals surface area contributed by atoms with E-state index in [9.17, 15) is 0 Å². The zero-order valence-corrected chi connectivity index (χ0v) is 13.1. The van der Waals surface area contributed by atoms with E-state index in [2.05, 4.69) is 55.3 Å². The SMILES string of the molecule is CCNC(C)c1ccc(OCCc2cccnc2)c(C)c1. The van der Waals surface area contributed by atoms with Crippen LogP contribution in [0.4, 0.5) is 0 Å². The van der Waals surface area contributed by atoms with Crippen molar-refractivity contribution in [2.24, 2.45) is 0 Å². The summed E-state index contributed by atoms with van der Waals surface area (Å²) in [6, 6.07) is 10.8. The Labute approximate surface area is 127 Å². The van der Waals surface area contributed by atoms with Crippen LogP contribution in [-0.2, 0) is 6.42 Å². The maximum absolute atomic E-state index is 5.89. The molecule has 0 saturated heterocycles. The third-order valence-electron chi connectivity index (χ3n) is 3.58.